The molecule has 1 fully saturated rings. The molecule has 1 amide bonds. The number of carboxylic acids is 1. The number of nitrogens with zero attached hydrogens (tertiary/aromatic N) is 2. The van der Waals surface area contributed by atoms with Gasteiger partial charge in [-0.15, -0.1) is 0 Å². The van der Waals surface area contributed by atoms with E-state index in [-0.39, 0.29) is 16.7 Å². The van der Waals surface area contributed by atoms with E-state index >= 15 is 0 Å². The van der Waals surface area contributed by atoms with Crippen LogP contribution in [0.2, 0.25) is 0 Å². The Labute approximate surface area is 301 Å². The highest BCUT2D eigenvalue weighted by molar-refractivity contribution is 5.86. The zero-order valence-corrected chi connectivity index (χ0v) is 30.5. The monoisotopic (exact) mass is 683 g/mol. The summed E-state index contributed by atoms with van der Waals surface area (Å²) in [7, 11) is 0. The molecule has 51 heavy (non-hydrogen) atoms. The van der Waals surface area contributed by atoms with Crippen molar-refractivity contribution in [2.75, 3.05) is 6.61 Å². The molecule has 0 radical (unpaired) electrons. The van der Waals surface area contributed by atoms with Gasteiger partial charge in [0.05, 0.1) is 11.0 Å². The second-order valence-electron chi connectivity index (χ2n) is 15.6. The van der Waals surface area contributed by atoms with Crippen LogP contribution in [0.3, 0.4) is 0 Å². The number of ether oxygens (including phenoxy) is 1. The smallest absolute Gasteiger partial charge is 0.341 e. The van der Waals surface area contributed by atoms with Gasteiger partial charge in [-0.1, -0.05) is 94.8 Å². The topological polar surface area (TPSA) is 93.4 Å². The van der Waals surface area contributed by atoms with Gasteiger partial charge in [-0.25, -0.2) is 9.78 Å². The zero-order chi connectivity index (χ0) is 35.9. The third-order valence-corrected chi connectivity index (χ3v) is 11.7. The fourth-order valence-corrected chi connectivity index (χ4v) is 9.15. The number of carbonyl (C=O) groups is 2. The molecule has 264 valence electrons. The Kier molecular flexibility index (Phi) is 9.25. The number of aromatic nitrogens is 2. The molecule has 2 aliphatic carbocycles. The summed E-state index contributed by atoms with van der Waals surface area (Å²) in [6.07, 6.45) is 5.81. The van der Waals surface area contributed by atoms with E-state index in [0.29, 0.717) is 24.1 Å². The van der Waals surface area contributed by atoms with E-state index in [4.69, 9.17) is 9.72 Å². The molecular formula is C44H49N3O4. The maximum Gasteiger partial charge on any atom is 0.341 e. The molecule has 2 aliphatic rings. The molecule has 7 heteroatoms. The van der Waals surface area contributed by atoms with Crippen LogP contribution in [0, 0.1) is 11.3 Å². The molecule has 0 saturated heterocycles. The van der Waals surface area contributed by atoms with Gasteiger partial charge < -0.3 is 19.7 Å². The number of hydrogen-bond acceptors (Lipinski definition) is 4. The standard InChI is InChI=1S/C44H49N3O4/c1-28(2)32-14-17-37-34(22-32)16-19-40-43(4,20-7-21-44(37,40)5)27-47-39-18-15-33(31-12-10-30(11-13-31)25-45-29(3)48)24-38(39)46-42(47)35-8-6-9-36(23-35)51-26-41(49)50/h6,8-15,17-18,22-24,28,40H,7,16,19-21,25-27H2,1-5H3,(H,45,48)(H,49,50)/t40-,43-,44+/m0/s1. The molecule has 3 atom stereocenters. The lowest BCUT2D eigenvalue weighted by Gasteiger charge is -2.56. The summed E-state index contributed by atoms with van der Waals surface area (Å²) in [6, 6.07) is 29.8. The average Bonchev–Trinajstić information content (AvgIpc) is 3.46. The lowest BCUT2D eigenvalue weighted by atomic mass is 9.49. The minimum Gasteiger partial charge on any atom is -0.482 e. The Morgan fingerprint density at radius 1 is 0.961 bits per heavy atom. The molecule has 0 unspecified atom stereocenters. The molecule has 4 aromatic carbocycles. The van der Waals surface area contributed by atoms with Gasteiger partial charge in [-0.2, -0.15) is 0 Å². The van der Waals surface area contributed by atoms with Crippen molar-refractivity contribution in [1.29, 1.82) is 0 Å². The third-order valence-electron chi connectivity index (χ3n) is 11.7. The summed E-state index contributed by atoms with van der Waals surface area (Å²) >= 11 is 0. The molecule has 0 aliphatic heterocycles. The van der Waals surface area contributed by atoms with Crippen molar-refractivity contribution in [3.8, 4) is 28.3 Å². The maximum atomic E-state index is 11.4. The number of benzene rings is 4. The first-order chi connectivity index (χ1) is 24.4. The van der Waals surface area contributed by atoms with Crippen molar-refractivity contribution in [3.05, 3.63) is 107 Å². The number of rotatable bonds is 10. The van der Waals surface area contributed by atoms with Gasteiger partial charge in [0, 0.05) is 25.6 Å². The normalized spacial score (nSPS) is 21.3. The Bertz CT molecular complexity index is 2100. The Balaban J connectivity index is 1.28. The van der Waals surface area contributed by atoms with Gasteiger partial charge in [0.15, 0.2) is 6.61 Å². The predicted octanol–water partition coefficient (Wildman–Crippen LogP) is 9.30. The molecule has 7 nitrogen and oxygen atoms in total. The molecule has 1 heterocycles. The van der Waals surface area contributed by atoms with Crippen molar-refractivity contribution >= 4 is 22.9 Å². The fourth-order valence-electron chi connectivity index (χ4n) is 9.15. The van der Waals surface area contributed by atoms with E-state index in [1.807, 2.05) is 18.2 Å². The summed E-state index contributed by atoms with van der Waals surface area (Å²) in [5.41, 5.74) is 10.7. The summed E-state index contributed by atoms with van der Waals surface area (Å²) < 4.78 is 8.02. The van der Waals surface area contributed by atoms with Crippen LogP contribution < -0.4 is 10.1 Å². The molecule has 2 N–H and O–H groups in total. The number of nitrogens with one attached hydrogen (secondary N) is 1. The van der Waals surface area contributed by atoms with Gasteiger partial charge in [0.2, 0.25) is 5.91 Å². The van der Waals surface area contributed by atoms with Gasteiger partial charge in [0.1, 0.15) is 11.6 Å². The summed E-state index contributed by atoms with van der Waals surface area (Å²) in [6.45, 7) is 12.0. The van der Waals surface area contributed by atoms with E-state index in [0.717, 1.165) is 58.5 Å². The maximum absolute atomic E-state index is 11.4. The summed E-state index contributed by atoms with van der Waals surface area (Å²) in [4.78, 5) is 28.0. The van der Waals surface area contributed by atoms with Gasteiger partial charge >= 0.3 is 5.97 Å². The van der Waals surface area contributed by atoms with Crippen LogP contribution in [0.1, 0.15) is 88.5 Å². The van der Waals surface area contributed by atoms with Crippen LogP contribution in [0.15, 0.2) is 84.9 Å². The van der Waals surface area contributed by atoms with Gasteiger partial charge in [-0.05, 0) is 106 Å². The first-order valence-corrected chi connectivity index (χ1v) is 18.4. The second-order valence-corrected chi connectivity index (χ2v) is 15.6. The quantitative estimate of drug-likeness (QED) is 0.153. The number of fused-ring (bicyclic) bond motifs is 4. The number of aryl methyl sites for hydroxylation is 1. The predicted molar refractivity (Wildman–Crippen MR) is 203 cm³/mol. The lowest BCUT2D eigenvalue weighted by Crippen LogP contribution is -2.50. The highest BCUT2D eigenvalue weighted by Gasteiger charge is 2.52. The van der Waals surface area contributed by atoms with Crippen molar-refractivity contribution in [1.82, 2.24) is 14.9 Å². The molecule has 1 aromatic heterocycles. The van der Waals surface area contributed by atoms with Crippen molar-refractivity contribution in [3.63, 3.8) is 0 Å². The van der Waals surface area contributed by atoms with Gasteiger partial charge in [-0.3, -0.25) is 4.79 Å². The first-order valence-electron chi connectivity index (χ1n) is 18.4. The van der Waals surface area contributed by atoms with Crippen LogP contribution in [-0.2, 0) is 34.5 Å². The largest absolute Gasteiger partial charge is 0.482 e. The molecule has 7 rings (SSSR count). The Hall–Kier alpha value is -4.91. The summed E-state index contributed by atoms with van der Waals surface area (Å²) in [5, 5.41) is 12.1. The minimum atomic E-state index is -1.01. The van der Waals surface area contributed by atoms with Crippen molar-refractivity contribution < 1.29 is 19.4 Å². The first kappa shape index (κ1) is 34.5. The number of aliphatic carboxylic acids is 1. The van der Waals surface area contributed by atoms with E-state index in [2.05, 4.69) is 98.2 Å². The number of hydrogen-bond donors (Lipinski definition) is 2. The Morgan fingerprint density at radius 3 is 2.49 bits per heavy atom. The molecule has 5 aromatic rings. The highest BCUT2D eigenvalue weighted by atomic mass is 16.5. The van der Waals surface area contributed by atoms with E-state index in [9.17, 15) is 14.7 Å². The van der Waals surface area contributed by atoms with Crippen LogP contribution in [-0.4, -0.2) is 33.1 Å². The third kappa shape index (κ3) is 6.78. The minimum absolute atomic E-state index is 0.0314. The lowest BCUT2D eigenvalue weighted by molar-refractivity contribution is -0.139. The molecule has 0 spiro atoms. The van der Waals surface area contributed by atoms with E-state index < -0.39 is 12.6 Å². The molecular weight excluding hydrogens is 635 g/mol. The molecule has 0 bridgehead atoms. The number of imidazole rings is 1. The van der Waals surface area contributed by atoms with Crippen LogP contribution >= 0.6 is 0 Å². The van der Waals surface area contributed by atoms with Crippen molar-refractivity contribution in [2.45, 2.75) is 91.1 Å². The van der Waals surface area contributed by atoms with Crippen molar-refractivity contribution in [2.24, 2.45) is 11.3 Å². The average molecular weight is 684 g/mol. The second kappa shape index (κ2) is 13.7. The summed E-state index contributed by atoms with van der Waals surface area (Å²) in [5.74, 6) is 1.35. The van der Waals surface area contributed by atoms with Crippen LogP contribution in [0.25, 0.3) is 33.5 Å². The highest BCUT2D eigenvalue weighted by Crippen LogP contribution is 2.58. The van der Waals surface area contributed by atoms with E-state index in [1.165, 1.54) is 37.3 Å². The number of carbonyl (C=O) groups excluding carboxylic acids is 1. The van der Waals surface area contributed by atoms with Crippen LogP contribution in [0.4, 0.5) is 0 Å². The number of carboxylic acid groups (broad SMARTS) is 1. The number of amides is 1. The van der Waals surface area contributed by atoms with Gasteiger partial charge in [0.25, 0.3) is 0 Å². The van der Waals surface area contributed by atoms with E-state index in [1.54, 1.807) is 11.6 Å². The fraction of sp³-hybridized carbons (Fsp3) is 0.386. The van der Waals surface area contributed by atoms with Crippen LogP contribution in [0.5, 0.6) is 5.75 Å². The molecule has 1 saturated carbocycles. The Morgan fingerprint density at radius 2 is 1.75 bits per heavy atom. The zero-order valence-electron chi connectivity index (χ0n) is 30.5. The SMILES string of the molecule is CC(=O)NCc1ccc(-c2ccc3c(c2)nc(-c2cccc(OCC(=O)O)c2)n3C[C@]2(C)CCC[C@]3(C)c4ccc(C(C)C)cc4CC[C@@H]23)cc1.